The topological polar surface area (TPSA) is 88.5 Å². The molecule has 3 rings (SSSR count). The number of nitrogens with zero attached hydrogens (tertiary/aromatic N) is 2. The quantitative estimate of drug-likeness (QED) is 0.697. The lowest BCUT2D eigenvalue weighted by Crippen LogP contribution is -2.23. The number of methoxy groups -OCH3 is 1. The van der Waals surface area contributed by atoms with Crippen LogP contribution in [0.4, 0.5) is 4.79 Å². The van der Waals surface area contributed by atoms with Crippen molar-refractivity contribution in [3.05, 3.63) is 33.7 Å². The number of alkyl carbamates (subject to hydrolysis) is 1. The molecule has 0 saturated carbocycles. The number of halogens is 1. The molecule has 8 heteroatoms. The summed E-state index contributed by atoms with van der Waals surface area (Å²) in [6, 6.07) is 3.91. The maximum atomic E-state index is 11.9. The minimum absolute atomic E-state index is 0. The first kappa shape index (κ1) is 17.1. The molecule has 0 aromatic carbocycles. The van der Waals surface area contributed by atoms with Crippen LogP contribution in [0, 0.1) is 6.92 Å². The van der Waals surface area contributed by atoms with Crippen LogP contribution in [0.15, 0.2) is 16.9 Å². The molecule has 3 aromatic heterocycles. The van der Waals surface area contributed by atoms with Gasteiger partial charge in [0.25, 0.3) is 5.56 Å². The summed E-state index contributed by atoms with van der Waals surface area (Å²) in [6.45, 7) is 2.43. The Bertz CT molecular complexity index is 871. The van der Waals surface area contributed by atoms with Crippen LogP contribution in [0.3, 0.4) is 0 Å². The molecule has 2 N–H and O–H groups in total. The second kappa shape index (κ2) is 6.87. The van der Waals surface area contributed by atoms with Gasteiger partial charge in [-0.25, -0.2) is 9.78 Å². The zero-order valence-electron chi connectivity index (χ0n) is 13.0. The molecule has 124 valence electrons. The Hall–Kier alpha value is -2.28. The number of ether oxygens (including phenoxy) is 1. The van der Waals surface area contributed by atoms with Gasteiger partial charge >= 0.3 is 6.09 Å². The first-order chi connectivity index (χ1) is 10.6. The number of pyridine rings is 1. The predicted molar refractivity (Wildman–Crippen MR) is 89.8 cm³/mol. The van der Waals surface area contributed by atoms with E-state index in [1.54, 1.807) is 0 Å². The van der Waals surface area contributed by atoms with Crippen LogP contribution in [-0.2, 0) is 11.2 Å². The van der Waals surface area contributed by atoms with Crippen molar-refractivity contribution < 1.29 is 9.53 Å². The predicted octanol–water partition coefficient (Wildman–Crippen LogP) is 2.02. The van der Waals surface area contributed by atoms with Gasteiger partial charge in [-0.1, -0.05) is 6.07 Å². The van der Waals surface area contributed by atoms with E-state index in [9.17, 15) is 9.59 Å². The SMILES string of the molecule is COC(=O)NCCCCc1ccc2[nH]c(=O)c3c(C)nc1n23.Cl. The smallest absolute Gasteiger partial charge is 0.406 e. The highest BCUT2D eigenvalue weighted by atomic mass is 35.5. The summed E-state index contributed by atoms with van der Waals surface area (Å²) >= 11 is 0. The van der Waals surface area contributed by atoms with E-state index in [-0.39, 0.29) is 18.0 Å². The minimum atomic E-state index is -0.407. The summed E-state index contributed by atoms with van der Waals surface area (Å²) in [7, 11) is 1.35. The van der Waals surface area contributed by atoms with E-state index in [4.69, 9.17) is 0 Å². The Morgan fingerprint density at radius 2 is 2.17 bits per heavy atom. The summed E-state index contributed by atoms with van der Waals surface area (Å²) in [4.78, 5) is 30.2. The van der Waals surface area contributed by atoms with Crippen LogP contribution in [0.1, 0.15) is 24.1 Å². The molecule has 7 nitrogen and oxygen atoms in total. The van der Waals surface area contributed by atoms with E-state index in [2.05, 4.69) is 20.0 Å². The lowest BCUT2D eigenvalue weighted by atomic mass is 10.1. The molecule has 23 heavy (non-hydrogen) atoms. The summed E-state index contributed by atoms with van der Waals surface area (Å²) in [6.07, 6.45) is 2.21. The molecular weight excluding hydrogens is 320 g/mol. The Labute approximate surface area is 138 Å². The van der Waals surface area contributed by atoms with Gasteiger partial charge in [0.1, 0.15) is 16.8 Å². The van der Waals surface area contributed by atoms with Crippen molar-refractivity contribution in [2.75, 3.05) is 13.7 Å². The standard InChI is InChI=1S/C15H18N4O3.ClH/c1-9-12-14(20)18-11-7-6-10(13(17-9)19(11)12)5-3-4-8-16-15(21)22-2;/h6-7H,3-5,8H2,1-2H3,(H,16,21)(H,18,20);1H. The summed E-state index contributed by atoms with van der Waals surface area (Å²) in [5.74, 6) is 0. The van der Waals surface area contributed by atoms with Crippen LogP contribution < -0.4 is 10.9 Å². The molecule has 0 aliphatic heterocycles. The van der Waals surface area contributed by atoms with Crippen LogP contribution in [0.25, 0.3) is 16.8 Å². The largest absolute Gasteiger partial charge is 0.453 e. The lowest BCUT2D eigenvalue weighted by molar-refractivity contribution is 0.171. The van der Waals surface area contributed by atoms with Gasteiger partial charge in [-0.3, -0.25) is 9.20 Å². The Balaban J connectivity index is 0.00000192. The van der Waals surface area contributed by atoms with E-state index in [1.165, 1.54) is 7.11 Å². The van der Waals surface area contributed by atoms with Gasteiger partial charge in [0.05, 0.1) is 12.8 Å². The van der Waals surface area contributed by atoms with Gasteiger partial charge in [-0.05, 0) is 37.8 Å². The number of aromatic nitrogens is 3. The average Bonchev–Trinajstić information content (AvgIpc) is 3.02. The first-order valence-corrected chi connectivity index (χ1v) is 7.26. The molecule has 0 saturated heterocycles. The van der Waals surface area contributed by atoms with Gasteiger partial charge < -0.3 is 15.0 Å². The maximum Gasteiger partial charge on any atom is 0.406 e. The summed E-state index contributed by atoms with van der Waals surface area (Å²) in [5, 5.41) is 2.66. The third-order valence-electron chi connectivity index (χ3n) is 3.81. The molecule has 0 radical (unpaired) electrons. The van der Waals surface area contributed by atoms with Crippen LogP contribution in [-0.4, -0.2) is 34.1 Å². The monoisotopic (exact) mass is 338 g/mol. The molecule has 0 unspecified atom stereocenters. The Morgan fingerprint density at radius 1 is 1.39 bits per heavy atom. The molecule has 0 spiro atoms. The molecule has 0 bridgehead atoms. The number of carbonyl (C=O) groups is 1. The van der Waals surface area contributed by atoms with Crippen LogP contribution >= 0.6 is 12.4 Å². The number of aromatic amines is 1. The third-order valence-corrected chi connectivity index (χ3v) is 3.81. The van der Waals surface area contributed by atoms with Gasteiger partial charge in [-0.15, -0.1) is 12.4 Å². The van der Waals surface area contributed by atoms with E-state index in [1.807, 2.05) is 23.5 Å². The zero-order valence-corrected chi connectivity index (χ0v) is 13.8. The normalized spacial score (nSPS) is 10.9. The third kappa shape index (κ3) is 3.10. The highest BCUT2D eigenvalue weighted by molar-refractivity contribution is 5.85. The number of amides is 1. The fourth-order valence-corrected chi connectivity index (χ4v) is 2.75. The molecule has 1 amide bonds. The van der Waals surface area contributed by atoms with Crippen molar-refractivity contribution >= 4 is 35.3 Å². The molecule has 3 aromatic rings. The van der Waals surface area contributed by atoms with Crippen molar-refractivity contribution in [3.63, 3.8) is 0 Å². The number of nitrogens with one attached hydrogen (secondary N) is 2. The fourth-order valence-electron chi connectivity index (χ4n) is 2.75. The number of aryl methyl sites for hydroxylation is 2. The number of unbranched alkanes of at least 4 members (excludes halogenated alkanes) is 1. The van der Waals surface area contributed by atoms with Crippen molar-refractivity contribution in [1.82, 2.24) is 19.7 Å². The van der Waals surface area contributed by atoms with E-state index in [0.29, 0.717) is 12.1 Å². The molecule has 0 aliphatic carbocycles. The first-order valence-electron chi connectivity index (χ1n) is 7.26. The molecule has 0 aliphatic rings. The zero-order chi connectivity index (χ0) is 15.7. The van der Waals surface area contributed by atoms with Gasteiger partial charge in [-0.2, -0.15) is 0 Å². The van der Waals surface area contributed by atoms with E-state index >= 15 is 0 Å². The highest BCUT2D eigenvalue weighted by Gasteiger charge is 2.15. The number of carbonyl (C=O) groups excluding carboxylic acids is 1. The average molecular weight is 339 g/mol. The van der Waals surface area contributed by atoms with Crippen LogP contribution in [0.5, 0.6) is 0 Å². The van der Waals surface area contributed by atoms with E-state index < -0.39 is 6.09 Å². The van der Waals surface area contributed by atoms with Gasteiger partial charge in [0.15, 0.2) is 0 Å². The number of H-pyrrole nitrogens is 1. The Morgan fingerprint density at radius 3 is 2.91 bits per heavy atom. The fraction of sp³-hybridized carbons (Fsp3) is 0.400. The second-order valence-electron chi connectivity index (χ2n) is 5.28. The minimum Gasteiger partial charge on any atom is -0.453 e. The van der Waals surface area contributed by atoms with Crippen molar-refractivity contribution in [1.29, 1.82) is 0 Å². The second-order valence-corrected chi connectivity index (χ2v) is 5.28. The van der Waals surface area contributed by atoms with Crippen molar-refractivity contribution in [3.8, 4) is 0 Å². The summed E-state index contributed by atoms with van der Waals surface area (Å²) < 4.78 is 6.41. The number of hydrogen-bond acceptors (Lipinski definition) is 4. The molecule has 3 heterocycles. The van der Waals surface area contributed by atoms with Gasteiger partial charge in [0.2, 0.25) is 0 Å². The Kier molecular flexibility index (Phi) is 5.10. The van der Waals surface area contributed by atoms with Crippen molar-refractivity contribution in [2.24, 2.45) is 0 Å². The summed E-state index contributed by atoms with van der Waals surface area (Å²) in [5.41, 5.74) is 3.98. The lowest BCUT2D eigenvalue weighted by Gasteiger charge is -2.05. The highest BCUT2D eigenvalue weighted by Crippen LogP contribution is 2.20. The van der Waals surface area contributed by atoms with Crippen LogP contribution in [0.2, 0.25) is 0 Å². The molecular formula is C15H19ClN4O3. The van der Waals surface area contributed by atoms with Gasteiger partial charge in [0, 0.05) is 6.54 Å². The van der Waals surface area contributed by atoms with Crippen molar-refractivity contribution in [2.45, 2.75) is 26.2 Å². The maximum absolute atomic E-state index is 11.9. The molecule has 0 fully saturated rings. The number of hydrogen-bond donors (Lipinski definition) is 2. The molecule has 0 atom stereocenters. The number of imidazole rings is 2. The number of rotatable bonds is 5. The van der Waals surface area contributed by atoms with E-state index in [0.717, 1.165) is 41.8 Å².